The third-order valence-electron chi connectivity index (χ3n) is 3.58. The van der Waals surface area contributed by atoms with Crippen molar-refractivity contribution in [3.63, 3.8) is 0 Å². The van der Waals surface area contributed by atoms with E-state index >= 15 is 0 Å². The molecule has 0 aliphatic heterocycles. The molecule has 0 atom stereocenters. The molecule has 0 spiro atoms. The number of hydrogen-bond donors (Lipinski definition) is 1. The zero-order valence-corrected chi connectivity index (χ0v) is 15.2. The zero-order valence-electron chi connectivity index (χ0n) is 14.5. The molecule has 134 valence electrons. The first-order valence-electron chi connectivity index (χ1n) is 7.66. The van der Waals surface area contributed by atoms with E-state index in [1.807, 2.05) is 12.1 Å². The molecule has 3 rings (SSSR count). The van der Waals surface area contributed by atoms with Gasteiger partial charge in [-0.2, -0.15) is 4.98 Å². The van der Waals surface area contributed by atoms with Crippen molar-refractivity contribution in [2.24, 2.45) is 0 Å². The minimum atomic E-state index is 0.379. The van der Waals surface area contributed by atoms with Gasteiger partial charge in [0.2, 0.25) is 11.7 Å². The number of halogens is 1. The second kappa shape index (κ2) is 7.88. The monoisotopic (exact) mass is 372 g/mol. The quantitative estimate of drug-likeness (QED) is 0.701. The summed E-state index contributed by atoms with van der Waals surface area (Å²) >= 11 is 6.03. The lowest BCUT2D eigenvalue weighted by Crippen LogP contribution is -2.02. The summed E-state index contributed by atoms with van der Waals surface area (Å²) in [4.78, 5) is 12.8. The summed E-state index contributed by atoms with van der Waals surface area (Å²) in [6, 6.07) is 10.8. The van der Waals surface area contributed by atoms with Crippen LogP contribution in [0.4, 0.5) is 11.6 Å². The van der Waals surface area contributed by atoms with E-state index in [-0.39, 0.29) is 0 Å². The number of anilines is 2. The lowest BCUT2D eigenvalue weighted by Gasteiger charge is -2.14. The van der Waals surface area contributed by atoms with Crippen LogP contribution < -0.4 is 19.5 Å². The van der Waals surface area contributed by atoms with Gasteiger partial charge in [0, 0.05) is 28.4 Å². The van der Waals surface area contributed by atoms with Gasteiger partial charge < -0.3 is 19.5 Å². The molecule has 0 unspecified atom stereocenters. The van der Waals surface area contributed by atoms with E-state index in [0.717, 1.165) is 5.56 Å². The highest BCUT2D eigenvalue weighted by Crippen LogP contribution is 2.40. The van der Waals surface area contributed by atoms with Gasteiger partial charge in [0.05, 0.1) is 21.3 Å². The Morgan fingerprint density at radius 2 is 1.65 bits per heavy atom. The summed E-state index contributed by atoms with van der Waals surface area (Å²) in [6.45, 7) is 0. The van der Waals surface area contributed by atoms with Crippen LogP contribution in [0.2, 0.25) is 5.02 Å². The summed E-state index contributed by atoms with van der Waals surface area (Å²) in [5, 5.41) is 3.73. The molecule has 26 heavy (non-hydrogen) atoms. The van der Waals surface area contributed by atoms with Crippen LogP contribution in [0.15, 0.2) is 42.7 Å². The number of aromatic nitrogens is 3. The van der Waals surface area contributed by atoms with Gasteiger partial charge in [-0.15, -0.1) is 0 Å². The molecule has 0 bridgehead atoms. The summed E-state index contributed by atoms with van der Waals surface area (Å²) < 4.78 is 16.0. The van der Waals surface area contributed by atoms with Crippen molar-refractivity contribution >= 4 is 23.2 Å². The van der Waals surface area contributed by atoms with Crippen molar-refractivity contribution in [2.45, 2.75) is 0 Å². The Morgan fingerprint density at radius 3 is 2.27 bits per heavy atom. The van der Waals surface area contributed by atoms with Crippen molar-refractivity contribution in [3.05, 3.63) is 47.7 Å². The molecule has 1 heterocycles. The molecule has 0 fully saturated rings. The Hall–Kier alpha value is -3.06. The van der Waals surface area contributed by atoms with Crippen LogP contribution in [-0.2, 0) is 0 Å². The maximum Gasteiger partial charge on any atom is 0.230 e. The van der Waals surface area contributed by atoms with Crippen molar-refractivity contribution in [2.75, 3.05) is 26.6 Å². The standard InChI is InChI=1S/C18H17ClN4O3/c1-24-14-8-13(9-15(25-2)16(14)26-3)22-18-21-10-20-17(23-18)11-5-4-6-12(19)7-11/h4-10H,1-3H3,(H,20,21,22,23). The smallest absolute Gasteiger partial charge is 0.230 e. The third-order valence-corrected chi connectivity index (χ3v) is 3.81. The van der Waals surface area contributed by atoms with Gasteiger partial charge in [-0.3, -0.25) is 0 Å². The van der Waals surface area contributed by atoms with Crippen molar-refractivity contribution in [1.82, 2.24) is 15.0 Å². The van der Waals surface area contributed by atoms with E-state index in [4.69, 9.17) is 25.8 Å². The van der Waals surface area contributed by atoms with Crippen LogP contribution in [-0.4, -0.2) is 36.3 Å². The summed E-state index contributed by atoms with van der Waals surface area (Å²) in [6.07, 6.45) is 1.43. The van der Waals surface area contributed by atoms with Crippen molar-refractivity contribution in [1.29, 1.82) is 0 Å². The largest absolute Gasteiger partial charge is 0.493 e. The maximum atomic E-state index is 6.03. The molecule has 0 amide bonds. The minimum Gasteiger partial charge on any atom is -0.493 e. The van der Waals surface area contributed by atoms with E-state index in [1.54, 1.807) is 45.6 Å². The van der Waals surface area contributed by atoms with E-state index in [0.29, 0.717) is 39.7 Å². The fourth-order valence-electron chi connectivity index (χ4n) is 2.41. The molecule has 0 saturated heterocycles. The Morgan fingerprint density at radius 1 is 0.923 bits per heavy atom. The normalized spacial score (nSPS) is 10.3. The Balaban J connectivity index is 1.93. The predicted molar refractivity (Wildman–Crippen MR) is 99.7 cm³/mol. The van der Waals surface area contributed by atoms with Crippen LogP contribution in [0.1, 0.15) is 0 Å². The van der Waals surface area contributed by atoms with E-state index in [9.17, 15) is 0 Å². The van der Waals surface area contributed by atoms with Gasteiger partial charge in [0.15, 0.2) is 17.3 Å². The van der Waals surface area contributed by atoms with Gasteiger partial charge >= 0.3 is 0 Å². The van der Waals surface area contributed by atoms with E-state index in [1.165, 1.54) is 6.33 Å². The second-order valence-electron chi connectivity index (χ2n) is 5.18. The van der Waals surface area contributed by atoms with Crippen LogP contribution in [0, 0.1) is 0 Å². The fraction of sp³-hybridized carbons (Fsp3) is 0.167. The molecule has 0 aliphatic rings. The topological polar surface area (TPSA) is 78.4 Å². The minimum absolute atomic E-state index is 0.379. The average molecular weight is 373 g/mol. The predicted octanol–water partition coefficient (Wildman–Crippen LogP) is 3.96. The third kappa shape index (κ3) is 3.78. The first kappa shape index (κ1) is 17.8. The number of hydrogen-bond acceptors (Lipinski definition) is 7. The van der Waals surface area contributed by atoms with E-state index in [2.05, 4.69) is 20.3 Å². The van der Waals surface area contributed by atoms with Crippen LogP contribution in [0.5, 0.6) is 17.2 Å². The van der Waals surface area contributed by atoms with Gasteiger partial charge in [-0.25, -0.2) is 9.97 Å². The van der Waals surface area contributed by atoms with Gasteiger partial charge in [0.25, 0.3) is 0 Å². The molecule has 0 radical (unpaired) electrons. The molecule has 3 aromatic rings. The van der Waals surface area contributed by atoms with E-state index < -0.39 is 0 Å². The highest BCUT2D eigenvalue weighted by Gasteiger charge is 2.14. The molecule has 0 aliphatic carbocycles. The zero-order chi connectivity index (χ0) is 18.5. The number of nitrogens with zero attached hydrogens (tertiary/aromatic N) is 3. The average Bonchev–Trinajstić information content (AvgIpc) is 2.67. The molecule has 1 N–H and O–H groups in total. The Bertz CT molecular complexity index is 895. The molecule has 7 nitrogen and oxygen atoms in total. The van der Waals surface area contributed by atoms with Crippen molar-refractivity contribution < 1.29 is 14.2 Å². The highest BCUT2D eigenvalue weighted by molar-refractivity contribution is 6.30. The number of ether oxygens (including phenoxy) is 3. The lowest BCUT2D eigenvalue weighted by atomic mass is 10.2. The molecule has 0 saturated carbocycles. The number of benzene rings is 2. The van der Waals surface area contributed by atoms with Crippen molar-refractivity contribution in [3.8, 4) is 28.6 Å². The summed E-state index contributed by atoms with van der Waals surface area (Å²) in [7, 11) is 4.67. The fourth-order valence-corrected chi connectivity index (χ4v) is 2.60. The molecule has 8 heteroatoms. The van der Waals surface area contributed by atoms with Gasteiger partial charge in [0.1, 0.15) is 6.33 Å². The first-order chi connectivity index (χ1) is 12.6. The summed E-state index contributed by atoms with van der Waals surface area (Å²) in [5.74, 6) is 2.45. The molecular weight excluding hydrogens is 356 g/mol. The second-order valence-corrected chi connectivity index (χ2v) is 5.62. The number of methoxy groups -OCH3 is 3. The van der Waals surface area contributed by atoms with Crippen LogP contribution in [0.25, 0.3) is 11.4 Å². The Labute approximate surface area is 155 Å². The van der Waals surface area contributed by atoms with Gasteiger partial charge in [-0.05, 0) is 12.1 Å². The van der Waals surface area contributed by atoms with Crippen LogP contribution >= 0.6 is 11.6 Å². The SMILES string of the molecule is COc1cc(Nc2ncnc(-c3cccc(Cl)c3)n2)cc(OC)c1OC. The maximum absolute atomic E-state index is 6.03. The van der Waals surface area contributed by atoms with Crippen LogP contribution in [0.3, 0.4) is 0 Å². The molecule has 1 aromatic heterocycles. The van der Waals surface area contributed by atoms with Gasteiger partial charge in [-0.1, -0.05) is 23.7 Å². The molecule has 2 aromatic carbocycles. The first-order valence-corrected chi connectivity index (χ1v) is 8.04. The number of nitrogens with one attached hydrogen (secondary N) is 1. The highest BCUT2D eigenvalue weighted by atomic mass is 35.5. The Kier molecular flexibility index (Phi) is 5.38. The lowest BCUT2D eigenvalue weighted by molar-refractivity contribution is 0.324. The summed E-state index contributed by atoms with van der Waals surface area (Å²) in [5.41, 5.74) is 1.48. The number of rotatable bonds is 6. The molecular formula is C18H17ClN4O3.